The molecule has 1 atom stereocenters. The molecule has 4 aliphatic rings. The predicted octanol–water partition coefficient (Wildman–Crippen LogP) is 3.63. The molecule has 120 valence electrons. The molecule has 0 aliphatic carbocycles. The van der Waals surface area contributed by atoms with Crippen LogP contribution in [-0.4, -0.2) is 42.8 Å². The fourth-order valence-electron chi connectivity index (χ4n) is 4.53. The Morgan fingerprint density at radius 1 is 1.22 bits per heavy atom. The van der Waals surface area contributed by atoms with Crippen LogP contribution in [0.5, 0.6) is 0 Å². The zero-order valence-electron chi connectivity index (χ0n) is 13.2. The number of nitrogens with zero attached hydrogens (tertiary/aromatic N) is 2. The molecule has 5 heterocycles. The van der Waals surface area contributed by atoms with Crippen LogP contribution >= 0.6 is 11.3 Å². The lowest BCUT2D eigenvalue weighted by molar-refractivity contribution is -0.0881. The first-order chi connectivity index (χ1) is 11.1. The summed E-state index contributed by atoms with van der Waals surface area (Å²) in [6.07, 6.45) is 2.14. The van der Waals surface area contributed by atoms with E-state index in [9.17, 15) is 4.79 Å². The van der Waals surface area contributed by atoms with E-state index in [1.807, 2.05) is 4.90 Å². The van der Waals surface area contributed by atoms with Crippen LogP contribution in [0.1, 0.15) is 17.7 Å². The van der Waals surface area contributed by atoms with Crippen molar-refractivity contribution < 1.29 is 9.53 Å². The summed E-state index contributed by atoms with van der Waals surface area (Å²) in [5.41, 5.74) is 0.686. The molecule has 1 spiro atoms. The van der Waals surface area contributed by atoms with Crippen LogP contribution in [0, 0.1) is 12.8 Å². The minimum absolute atomic E-state index is 0.175. The maximum atomic E-state index is 12.6. The average Bonchev–Trinajstić information content (AvgIpc) is 3.07. The van der Waals surface area contributed by atoms with Crippen molar-refractivity contribution in [2.45, 2.75) is 25.4 Å². The van der Waals surface area contributed by atoms with Gasteiger partial charge in [0.15, 0.2) is 0 Å². The van der Waals surface area contributed by atoms with Crippen molar-refractivity contribution >= 4 is 33.2 Å². The molecule has 0 radical (unpaired) electrons. The summed E-state index contributed by atoms with van der Waals surface area (Å²) >= 11 is 1.78. The van der Waals surface area contributed by atoms with Gasteiger partial charge < -0.3 is 4.74 Å². The Kier molecular flexibility index (Phi) is 2.83. The number of benzene rings is 1. The Bertz CT molecular complexity index is 793. The van der Waals surface area contributed by atoms with E-state index in [1.165, 1.54) is 15.0 Å². The molecule has 0 N–H and O–H groups in total. The summed E-state index contributed by atoms with van der Waals surface area (Å²) in [4.78, 5) is 18.1. The van der Waals surface area contributed by atoms with E-state index in [4.69, 9.17) is 4.74 Å². The van der Waals surface area contributed by atoms with Crippen LogP contribution in [0.3, 0.4) is 0 Å². The molecule has 1 aromatic carbocycles. The number of carbonyl (C=O) groups excluding carboxylic acids is 1. The largest absolute Gasteiger partial charge is 0.439 e. The molecular formula is C18H20N2O2S. The number of hydrogen-bond donors (Lipinski definition) is 0. The Morgan fingerprint density at radius 3 is 2.78 bits per heavy atom. The Balaban J connectivity index is 1.49. The molecule has 4 saturated heterocycles. The summed E-state index contributed by atoms with van der Waals surface area (Å²) in [5, 5.41) is 1.25. The fraction of sp³-hybridized carbons (Fsp3) is 0.500. The van der Waals surface area contributed by atoms with Gasteiger partial charge in [0.25, 0.3) is 0 Å². The van der Waals surface area contributed by atoms with Crippen LogP contribution in [0.4, 0.5) is 10.5 Å². The van der Waals surface area contributed by atoms with Crippen LogP contribution in [0.25, 0.3) is 10.1 Å². The number of carbonyl (C=O) groups is 1. The number of rotatable bonds is 1. The monoisotopic (exact) mass is 328 g/mol. The van der Waals surface area contributed by atoms with Gasteiger partial charge in [-0.3, -0.25) is 9.80 Å². The molecule has 23 heavy (non-hydrogen) atoms. The van der Waals surface area contributed by atoms with Gasteiger partial charge in [0, 0.05) is 27.7 Å². The summed E-state index contributed by atoms with van der Waals surface area (Å²) in [6, 6.07) is 8.49. The van der Waals surface area contributed by atoms with Gasteiger partial charge in [-0.2, -0.15) is 0 Å². The van der Waals surface area contributed by atoms with Gasteiger partial charge in [-0.1, -0.05) is 6.07 Å². The quantitative estimate of drug-likeness (QED) is 0.801. The Hall–Kier alpha value is -1.59. The number of aryl methyl sites for hydroxylation is 1. The van der Waals surface area contributed by atoms with Crippen LogP contribution in [0.15, 0.2) is 24.3 Å². The van der Waals surface area contributed by atoms with Gasteiger partial charge in [0.05, 0.1) is 6.54 Å². The zero-order valence-corrected chi connectivity index (χ0v) is 14.1. The molecule has 1 aromatic heterocycles. The highest BCUT2D eigenvalue weighted by Crippen LogP contribution is 2.43. The maximum absolute atomic E-state index is 12.6. The summed E-state index contributed by atoms with van der Waals surface area (Å²) in [6.45, 7) is 6.04. The molecular weight excluding hydrogens is 308 g/mol. The molecule has 4 aliphatic heterocycles. The molecule has 2 bridgehead atoms. The molecule has 4 nitrogen and oxygen atoms in total. The van der Waals surface area contributed by atoms with E-state index in [2.05, 4.69) is 36.1 Å². The molecule has 6 rings (SSSR count). The highest BCUT2D eigenvalue weighted by Gasteiger charge is 2.55. The minimum atomic E-state index is -0.284. The van der Waals surface area contributed by atoms with Crippen molar-refractivity contribution in [3.05, 3.63) is 29.1 Å². The topological polar surface area (TPSA) is 32.8 Å². The first-order valence-electron chi connectivity index (χ1n) is 8.36. The molecule has 1 amide bonds. The van der Waals surface area contributed by atoms with Gasteiger partial charge in [0.2, 0.25) is 0 Å². The van der Waals surface area contributed by atoms with Crippen molar-refractivity contribution in [1.82, 2.24) is 4.90 Å². The molecule has 0 unspecified atom stereocenters. The second kappa shape index (κ2) is 4.71. The summed E-state index contributed by atoms with van der Waals surface area (Å²) in [5.74, 6) is 0.522. The molecule has 5 heteroatoms. The number of hydrogen-bond acceptors (Lipinski definition) is 4. The van der Waals surface area contributed by atoms with Crippen LogP contribution < -0.4 is 4.90 Å². The second-order valence-corrected chi connectivity index (χ2v) is 8.44. The first kappa shape index (κ1) is 13.8. The minimum Gasteiger partial charge on any atom is -0.439 e. The number of fused-ring (bicyclic) bond motifs is 3. The van der Waals surface area contributed by atoms with E-state index in [1.54, 1.807) is 11.3 Å². The van der Waals surface area contributed by atoms with Gasteiger partial charge in [-0.25, -0.2) is 4.79 Å². The van der Waals surface area contributed by atoms with Gasteiger partial charge in [-0.05, 0) is 56.4 Å². The van der Waals surface area contributed by atoms with Crippen molar-refractivity contribution in [1.29, 1.82) is 0 Å². The second-order valence-electron chi connectivity index (χ2n) is 7.15. The Morgan fingerprint density at radius 2 is 2.04 bits per heavy atom. The third-order valence-corrected chi connectivity index (χ3v) is 6.71. The molecule has 0 saturated carbocycles. The number of ether oxygens (including phenoxy) is 1. The van der Waals surface area contributed by atoms with Gasteiger partial charge in [0.1, 0.15) is 5.60 Å². The third kappa shape index (κ3) is 2.03. The van der Waals surface area contributed by atoms with Crippen molar-refractivity contribution in [3.63, 3.8) is 0 Å². The number of piperidine rings is 3. The number of anilines is 1. The van der Waals surface area contributed by atoms with Crippen molar-refractivity contribution in [3.8, 4) is 0 Å². The predicted molar refractivity (Wildman–Crippen MR) is 92.3 cm³/mol. The lowest BCUT2D eigenvalue weighted by Gasteiger charge is -2.49. The summed E-state index contributed by atoms with van der Waals surface area (Å²) in [7, 11) is 0. The van der Waals surface area contributed by atoms with Gasteiger partial charge in [-0.15, -0.1) is 11.3 Å². The van der Waals surface area contributed by atoms with E-state index in [-0.39, 0.29) is 11.7 Å². The van der Waals surface area contributed by atoms with E-state index >= 15 is 0 Å². The van der Waals surface area contributed by atoms with Crippen molar-refractivity contribution in [2.75, 3.05) is 31.1 Å². The zero-order chi connectivity index (χ0) is 15.6. The number of thiophene rings is 1. The van der Waals surface area contributed by atoms with Crippen LogP contribution in [0.2, 0.25) is 0 Å². The standard InChI is InChI=1S/C18H20N2O2S/c1-12-8-13-2-3-15(9-16(13)23-12)20-11-18(22-17(20)21)10-19-6-4-14(18)5-7-19/h2-3,8-9,14H,4-7,10-11H2,1H3/t18-/m1/s1. The lowest BCUT2D eigenvalue weighted by atomic mass is 9.75. The van der Waals surface area contributed by atoms with Crippen molar-refractivity contribution in [2.24, 2.45) is 5.92 Å². The highest BCUT2D eigenvalue weighted by atomic mass is 32.1. The number of amides is 1. The van der Waals surface area contributed by atoms with E-state index in [0.29, 0.717) is 12.5 Å². The van der Waals surface area contributed by atoms with E-state index < -0.39 is 0 Å². The molecule has 2 aromatic rings. The van der Waals surface area contributed by atoms with Crippen LogP contribution in [-0.2, 0) is 4.74 Å². The smallest absolute Gasteiger partial charge is 0.415 e. The van der Waals surface area contributed by atoms with E-state index in [0.717, 1.165) is 38.2 Å². The third-order valence-electron chi connectivity index (χ3n) is 5.70. The lowest BCUT2D eigenvalue weighted by Crippen LogP contribution is -2.61. The fourth-order valence-corrected chi connectivity index (χ4v) is 5.49. The SMILES string of the molecule is Cc1cc2ccc(N3C[C@@]4(CN5CCC4CC5)OC3=O)cc2s1. The summed E-state index contributed by atoms with van der Waals surface area (Å²) < 4.78 is 7.20. The maximum Gasteiger partial charge on any atom is 0.415 e. The Labute approximate surface area is 139 Å². The van der Waals surface area contributed by atoms with Gasteiger partial charge >= 0.3 is 6.09 Å². The molecule has 4 fully saturated rings. The first-order valence-corrected chi connectivity index (χ1v) is 9.18. The normalized spacial score (nSPS) is 32.9. The average molecular weight is 328 g/mol. The highest BCUT2D eigenvalue weighted by molar-refractivity contribution is 7.19.